The third-order valence-corrected chi connectivity index (χ3v) is 6.01. The molecule has 1 aromatic carbocycles. The Hall–Kier alpha value is -1.99. The van der Waals surface area contributed by atoms with E-state index in [1.54, 1.807) is 11.3 Å². The number of amides is 2. The van der Waals surface area contributed by atoms with Gasteiger partial charge in [0.25, 0.3) is 0 Å². The Morgan fingerprint density at radius 2 is 2.12 bits per heavy atom. The first-order chi connectivity index (χ1) is 11.7. The minimum Gasteiger partial charge on any atom is -0.348 e. The summed E-state index contributed by atoms with van der Waals surface area (Å²) < 4.78 is 1.12. The standard InChI is InChI=1S/C17H20N4O2S/c22-16-11-6-2-1-5-10(11)15(20-21-16)17(23)18-9-14-19-12-7-3-4-8-13(12)24-14/h3-4,7-8,10-11,15,20H,1-2,5-6,9H2,(H,18,23)(H,21,22). The topological polar surface area (TPSA) is 83.1 Å². The minimum absolute atomic E-state index is 0.0231. The summed E-state index contributed by atoms with van der Waals surface area (Å²) in [7, 11) is 0. The van der Waals surface area contributed by atoms with Crippen LogP contribution in [0.15, 0.2) is 24.3 Å². The van der Waals surface area contributed by atoms with Crippen LogP contribution in [0.1, 0.15) is 30.7 Å². The van der Waals surface area contributed by atoms with Gasteiger partial charge in [0, 0.05) is 5.92 Å². The van der Waals surface area contributed by atoms with Gasteiger partial charge in [-0.2, -0.15) is 0 Å². The van der Waals surface area contributed by atoms with Gasteiger partial charge in [-0.05, 0) is 30.9 Å². The van der Waals surface area contributed by atoms with Gasteiger partial charge in [0.15, 0.2) is 0 Å². The van der Waals surface area contributed by atoms with E-state index >= 15 is 0 Å². The second-order valence-corrected chi connectivity index (χ2v) is 7.57. The average Bonchev–Trinajstić information content (AvgIpc) is 3.03. The lowest BCUT2D eigenvalue weighted by molar-refractivity contribution is -0.138. The molecule has 1 saturated carbocycles. The molecule has 126 valence electrons. The Morgan fingerprint density at radius 1 is 1.29 bits per heavy atom. The second kappa shape index (κ2) is 6.49. The number of nitrogens with one attached hydrogen (secondary N) is 3. The van der Waals surface area contributed by atoms with Crippen LogP contribution >= 0.6 is 11.3 Å². The lowest BCUT2D eigenvalue weighted by atomic mass is 9.73. The van der Waals surface area contributed by atoms with Gasteiger partial charge in [0.05, 0.1) is 16.8 Å². The molecule has 7 heteroatoms. The molecular formula is C17H20N4O2S. The molecule has 3 N–H and O–H groups in total. The predicted molar refractivity (Wildman–Crippen MR) is 92.0 cm³/mol. The van der Waals surface area contributed by atoms with Crippen molar-refractivity contribution in [2.45, 2.75) is 38.3 Å². The third-order valence-electron chi connectivity index (χ3n) is 4.97. The Morgan fingerprint density at radius 3 is 3.00 bits per heavy atom. The first-order valence-corrected chi connectivity index (χ1v) is 9.21. The van der Waals surface area contributed by atoms with Crippen LogP contribution in [0.2, 0.25) is 0 Å². The molecule has 0 bridgehead atoms. The van der Waals surface area contributed by atoms with Crippen molar-refractivity contribution in [2.24, 2.45) is 11.8 Å². The summed E-state index contributed by atoms with van der Waals surface area (Å²) in [5.41, 5.74) is 6.53. The van der Waals surface area contributed by atoms with Gasteiger partial charge >= 0.3 is 0 Å². The summed E-state index contributed by atoms with van der Waals surface area (Å²) in [6, 6.07) is 7.59. The van der Waals surface area contributed by atoms with Gasteiger partial charge in [-0.3, -0.25) is 15.0 Å². The zero-order chi connectivity index (χ0) is 16.5. The molecule has 1 aliphatic carbocycles. The molecule has 0 spiro atoms. The molecule has 1 saturated heterocycles. The molecular weight excluding hydrogens is 324 g/mol. The van der Waals surface area contributed by atoms with Gasteiger partial charge in [-0.15, -0.1) is 11.3 Å². The van der Waals surface area contributed by atoms with Gasteiger partial charge in [-0.25, -0.2) is 10.4 Å². The molecule has 4 rings (SSSR count). The van der Waals surface area contributed by atoms with Crippen molar-refractivity contribution in [3.63, 3.8) is 0 Å². The molecule has 2 aromatic rings. The van der Waals surface area contributed by atoms with Crippen molar-refractivity contribution < 1.29 is 9.59 Å². The highest BCUT2D eigenvalue weighted by Crippen LogP contribution is 2.34. The van der Waals surface area contributed by atoms with Crippen LogP contribution in [0, 0.1) is 11.8 Å². The smallest absolute Gasteiger partial charge is 0.239 e. The number of nitrogens with zero attached hydrogens (tertiary/aromatic N) is 1. The van der Waals surface area contributed by atoms with Crippen LogP contribution < -0.4 is 16.2 Å². The Bertz CT molecular complexity index is 742. The summed E-state index contributed by atoms with van der Waals surface area (Å²) in [4.78, 5) is 29.1. The van der Waals surface area contributed by atoms with Crippen LogP contribution in [-0.2, 0) is 16.1 Å². The van der Waals surface area contributed by atoms with E-state index in [1.165, 1.54) is 0 Å². The maximum atomic E-state index is 12.6. The largest absolute Gasteiger partial charge is 0.348 e. The normalized spacial score (nSPS) is 26.7. The van der Waals surface area contributed by atoms with Crippen molar-refractivity contribution in [3.8, 4) is 0 Å². The van der Waals surface area contributed by atoms with E-state index in [1.807, 2.05) is 24.3 Å². The Kier molecular flexibility index (Phi) is 4.20. The van der Waals surface area contributed by atoms with E-state index < -0.39 is 0 Å². The molecule has 3 unspecified atom stereocenters. The zero-order valence-corrected chi connectivity index (χ0v) is 14.1. The molecule has 2 fully saturated rings. The molecule has 1 aliphatic heterocycles. The summed E-state index contributed by atoms with van der Waals surface area (Å²) in [5, 5.41) is 3.87. The van der Waals surface area contributed by atoms with Crippen LogP contribution in [0.25, 0.3) is 10.2 Å². The Balaban J connectivity index is 1.42. The van der Waals surface area contributed by atoms with E-state index in [-0.39, 0.29) is 29.7 Å². The molecule has 2 heterocycles. The van der Waals surface area contributed by atoms with Crippen molar-refractivity contribution in [2.75, 3.05) is 0 Å². The van der Waals surface area contributed by atoms with E-state index in [9.17, 15) is 9.59 Å². The summed E-state index contributed by atoms with van der Waals surface area (Å²) in [5.74, 6) is 0.00199. The lowest BCUT2D eigenvalue weighted by Crippen LogP contribution is -2.63. The highest BCUT2D eigenvalue weighted by Gasteiger charge is 2.42. The van der Waals surface area contributed by atoms with Gasteiger partial charge < -0.3 is 5.32 Å². The molecule has 6 nitrogen and oxygen atoms in total. The van der Waals surface area contributed by atoms with Gasteiger partial charge in [-0.1, -0.05) is 25.0 Å². The van der Waals surface area contributed by atoms with Crippen LogP contribution in [0.4, 0.5) is 0 Å². The quantitative estimate of drug-likeness (QED) is 0.792. The molecule has 3 atom stereocenters. The van der Waals surface area contributed by atoms with Crippen molar-refractivity contribution >= 4 is 33.4 Å². The number of carbonyl (C=O) groups excluding carboxylic acids is 2. The number of hydrogen-bond acceptors (Lipinski definition) is 5. The minimum atomic E-state index is -0.359. The number of hydrogen-bond donors (Lipinski definition) is 3. The van der Waals surface area contributed by atoms with Crippen molar-refractivity contribution in [3.05, 3.63) is 29.3 Å². The number of para-hydroxylation sites is 1. The van der Waals surface area contributed by atoms with Crippen LogP contribution in [-0.4, -0.2) is 22.8 Å². The monoisotopic (exact) mass is 344 g/mol. The summed E-state index contributed by atoms with van der Waals surface area (Å²) >= 11 is 1.59. The molecule has 2 aliphatic rings. The van der Waals surface area contributed by atoms with Crippen molar-refractivity contribution in [1.29, 1.82) is 0 Å². The fourth-order valence-electron chi connectivity index (χ4n) is 3.76. The highest BCUT2D eigenvalue weighted by atomic mass is 32.1. The van der Waals surface area contributed by atoms with E-state index in [0.717, 1.165) is 40.9 Å². The molecule has 24 heavy (non-hydrogen) atoms. The fraction of sp³-hybridized carbons (Fsp3) is 0.471. The van der Waals surface area contributed by atoms with Gasteiger partial charge in [0.1, 0.15) is 11.0 Å². The number of aromatic nitrogens is 1. The van der Waals surface area contributed by atoms with Crippen LogP contribution in [0.5, 0.6) is 0 Å². The van der Waals surface area contributed by atoms with E-state index in [2.05, 4.69) is 21.2 Å². The first-order valence-electron chi connectivity index (χ1n) is 8.40. The van der Waals surface area contributed by atoms with Crippen LogP contribution in [0.3, 0.4) is 0 Å². The third kappa shape index (κ3) is 2.89. The van der Waals surface area contributed by atoms with E-state index in [0.29, 0.717) is 6.54 Å². The molecule has 2 amide bonds. The number of rotatable bonds is 3. The summed E-state index contributed by atoms with van der Waals surface area (Å²) in [6.45, 7) is 0.418. The number of fused-ring (bicyclic) bond motifs is 2. The number of hydrazine groups is 1. The van der Waals surface area contributed by atoms with Crippen molar-refractivity contribution in [1.82, 2.24) is 21.2 Å². The number of thiazole rings is 1. The fourth-order valence-corrected chi connectivity index (χ4v) is 4.67. The maximum Gasteiger partial charge on any atom is 0.239 e. The molecule has 0 radical (unpaired) electrons. The first kappa shape index (κ1) is 15.5. The zero-order valence-electron chi connectivity index (χ0n) is 13.2. The SMILES string of the molecule is O=C1NNC(C(=O)NCc2nc3ccccc3s2)C2CCCCC12. The highest BCUT2D eigenvalue weighted by molar-refractivity contribution is 7.18. The summed E-state index contributed by atoms with van der Waals surface area (Å²) in [6.07, 6.45) is 3.94. The van der Waals surface area contributed by atoms with E-state index in [4.69, 9.17) is 0 Å². The Labute approximate surface area is 144 Å². The second-order valence-electron chi connectivity index (χ2n) is 6.46. The average molecular weight is 344 g/mol. The predicted octanol–water partition coefficient (Wildman–Crippen LogP) is 1.72. The lowest BCUT2D eigenvalue weighted by Gasteiger charge is -2.40. The van der Waals surface area contributed by atoms with Gasteiger partial charge in [0.2, 0.25) is 11.8 Å². The number of benzene rings is 1. The maximum absolute atomic E-state index is 12.6. The number of carbonyl (C=O) groups is 2. The molecule has 1 aromatic heterocycles.